The fourth-order valence-electron chi connectivity index (χ4n) is 2.56. The van der Waals surface area contributed by atoms with Gasteiger partial charge in [-0.15, -0.1) is 0 Å². The Morgan fingerprint density at radius 2 is 1.83 bits per heavy atom. The molecule has 0 atom stereocenters. The number of benzene rings is 2. The lowest BCUT2D eigenvalue weighted by atomic mass is 9.77. The van der Waals surface area contributed by atoms with Crippen LogP contribution in [-0.4, -0.2) is 5.11 Å². The van der Waals surface area contributed by atoms with Crippen molar-refractivity contribution in [1.82, 2.24) is 0 Å². The monoisotopic (exact) mass is 242 g/mol. The summed E-state index contributed by atoms with van der Waals surface area (Å²) >= 11 is 0. The molecule has 0 aromatic heterocycles. The highest BCUT2D eigenvalue weighted by Crippen LogP contribution is 2.41. The van der Waals surface area contributed by atoms with Crippen molar-refractivity contribution in [3.05, 3.63) is 53.8 Å². The van der Waals surface area contributed by atoms with Crippen LogP contribution in [0.3, 0.4) is 0 Å². The SMILES string of the molecule is Oc1cc(F)cc(-c2ccccc2C2CCC2)c1. The van der Waals surface area contributed by atoms with Gasteiger partial charge in [-0.1, -0.05) is 30.7 Å². The Labute approximate surface area is 106 Å². The van der Waals surface area contributed by atoms with E-state index >= 15 is 0 Å². The topological polar surface area (TPSA) is 20.2 Å². The first-order valence-corrected chi connectivity index (χ1v) is 6.33. The Balaban J connectivity index is 2.10. The second-order valence-corrected chi connectivity index (χ2v) is 4.91. The van der Waals surface area contributed by atoms with E-state index < -0.39 is 5.82 Å². The Bertz CT molecular complexity index is 553. The molecule has 1 N–H and O–H groups in total. The van der Waals surface area contributed by atoms with E-state index in [1.165, 1.54) is 30.9 Å². The molecule has 92 valence electrons. The van der Waals surface area contributed by atoms with Crippen LogP contribution in [0.15, 0.2) is 42.5 Å². The van der Waals surface area contributed by atoms with Gasteiger partial charge in [0, 0.05) is 6.07 Å². The molecule has 0 saturated heterocycles. The van der Waals surface area contributed by atoms with Crippen LogP contribution in [0, 0.1) is 5.82 Å². The molecule has 3 rings (SSSR count). The Morgan fingerprint density at radius 1 is 1.06 bits per heavy atom. The zero-order chi connectivity index (χ0) is 12.5. The minimum atomic E-state index is -0.395. The lowest BCUT2D eigenvalue weighted by molar-refractivity contribution is 0.420. The largest absolute Gasteiger partial charge is 0.508 e. The summed E-state index contributed by atoms with van der Waals surface area (Å²) in [4.78, 5) is 0. The van der Waals surface area contributed by atoms with E-state index in [1.807, 2.05) is 18.2 Å². The third-order valence-electron chi connectivity index (χ3n) is 3.70. The summed E-state index contributed by atoms with van der Waals surface area (Å²) in [5.41, 5.74) is 3.07. The molecule has 1 aliphatic rings. The summed E-state index contributed by atoms with van der Waals surface area (Å²) in [7, 11) is 0. The van der Waals surface area contributed by atoms with Gasteiger partial charge in [0.25, 0.3) is 0 Å². The number of aromatic hydroxyl groups is 1. The van der Waals surface area contributed by atoms with Gasteiger partial charge in [0.1, 0.15) is 11.6 Å². The number of halogens is 1. The second kappa shape index (κ2) is 4.45. The van der Waals surface area contributed by atoms with Gasteiger partial charge in [-0.25, -0.2) is 4.39 Å². The van der Waals surface area contributed by atoms with E-state index in [9.17, 15) is 9.50 Å². The number of hydrogen-bond donors (Lipinski definition) is 1. The first kappa shape index (κ1) is 11.3. The molecule has 2 heteroatoms. The molecule has 0 spiro atoms. The molecule has 1 nitrogen and oxygen atoms in total. The number of phenols is 1. The van der Waals surface area contributed by atoms with Crippen LogP contribution in [0.2, 0.25) is 0 Å². The molecule has 0 heterocycles. The zero-order valence-electron chi connectivity index (χ0n) is 10.1. The predicted molar refractivity (Wildman–Crippen MR) is 70.1 cm³/mol. The quantitative estimate of drug-likeness (QED) is 0.824. The van der Waals surface area contributed by atoms with Crippen molar-refractivity contribution in [1.29, 1.82) is 0 Å². The fourth-order valence-corrected chi connectivity index (χ4v) is 2.56. The van der Waals surface area contributed by atoms with E-state index in [0.717, 1.165) is 17.2 Å². The van der Waals surface area contributed by atoms with Crippen LogP contribution in [-0.2, 0) is 0 Å². The van der Waals surface area contributed by atoms with E-state index in [-0.39, 0.29) is 5.75 Å². The predicted octanol–water partition coefficient (Wildman–Crippen LogP) is 4.47. The summed E-state index contributed by atoms with van der Waals surface area (Å²) in [5, 5.41) is 9.52. The first-order chi connectivity index (χ1) is 8.74. The van der Waals surface area contributed by atoms with Crippen molar-refractivity contribution in [2.75, 3.05) is 0 Å². The fraction of sp³-hybridized carbons (Fsp3) is 0.250. The highest BCUT2D eigenvalue weighted by molar-refractivity contribution is 5.69. The molecule has 2 aromatic rings. The van der Waals surface area contributed by atoms with Crippen LogP contribution in [0.4, 0.5) is 4.39 Å². The molecule has 0 bridgehead atoms. The van der Waals surface area contributed by atoms with Crippen molar-refractivity contribution in [2.45, 2.75) is 25.2 Å². The first-order valence-electron chi connectivity index (χ1n) is 6.33. The Hall–Kier alpha value is -1.83. The van der Waals surface area contributed by atoms with Gasteiger partial charge in [-0.3, -0.25) is 0 Å². The molecule has 1 fully saturated rings. The Kier molecular flexibility index (Phi) is 2.78. The maximum atomic E-state index is 13.4. The van der Waals surface area contributed by atoms with E-state index in [4.69, 9.17) is 0 Å². The molecule has 0 amide bonds. The molecule has 0 radical (unpaired) electrons. The molecule has 0 unspecified atom stereocenters. The average Bonchev–Trinajstić information content (AvgIpc) is 2.26. The maximum Gasteiger partial charge on any atom is 0.127 e. The van der Waals surface area contributed by atoms with Gasteiger partial charge in [0.05, 0.1) is 0 Å². The summed E-state index contributed by atoms with van der Waals surface area (Å²) in [6, 6.07) is 12.3. The van der Waals surface area contributed by atoms with Gasteiger partial charge in [0.2, 0.25) is 0 Å². The summed E-state index contributed by atoms with van der Waals surface area (Å²) in [6.07, 6.45) is 3.68. The van der Waals surface area contributed by atoms with Gasteiger partial charge in [-0.05, 0) is 47.6 Å². The number of phenolic OH excluding ortho intramolecular Hbond substituents is 1. The molecule has 1 aliphatic carbocycles. The maximum absolute atomic E-state index is 13.4. The van der Waals surface area contributed by atoms with Crippen LogP contribution in [0.1, 0.15) is 30.7 Å². The summed E-state index contributed by atoms with van der Waals surface area (Å²) < 4.78 is 13.4. The lowest BCUT2D eigenvalue weighted by Crippen LogP contribution is -2.09. The van der Waals surface area contributed by atoms with E-state index in [2.05, 4.69) is 6.07 Å². The lowest BCUT2D eigenvalue weighted by Gasteiger charge is -2.28. The van der Waals surface area contributed by atoms with Gasteiger partial charge in [0.15, 0.2) is 0 Å². The standard InChI is InChI=1S/C16H15FO/c17-13-8-12(9-14(18)10-13)16-7-2-1-6-15(16)11-4-3-5-11/h1-2,6-11,18H,3-5H2. The third-order valence-corrected chi connectivity index (χ3v) is 3.70. The minimum absolute atomic E-state index is 0.0200. The minimum Gasteiger partial charge on any atom is -0.508 e. The zero-order valence-corrected chi connectivity index (χ0v) is 10.1. The Morgan fingerprint density at radius 3 is 2.50 bits per heavy atom. The van der Waals surface area contributed by atoms with Crippen molar-refractivity contribution in [3.8, 4) is 16.9 Å². The third kappa shape index (κ3) is 1.99. The molecule has 2 aromatic carbocycles. The summed E-state index contributed by atoms with van der Waals surface area (Å²) in [6.45, 7) is 0. The normalized spacial score (nSPS) is 15.4. The summed E-state index contributed by atoms with van der Waals surface area (Å²) in [5.74, 6) is 0.174. The second-order valence-electron chi connectivity index (χ2n) is 4.91. The van der Waals surface area contributed by atoms with Crippen LogP contribution >= 0.6 is 0 Å². The van der Waals surface area contributed by atoms with E-state index in [1.54, 1.807) is 6.07 Å². The van der Waals surface area contributed by atoms with Crippen LogP contribution in [0.25, 0.3) is 11.1 Å². The molecule has 18 heavy (non-hydrogen) atoms. The molecule has 0 aliphatic heterocycles. The van der Waals surface area contributed by atoms with Gasteiger partial charge >= 0.3 is 0 Å². The smallest absolute Gasteiger partial charge is 0.127 e. The average molecular weight is 242 g/mol. The van der Waals surface area contributed by atoms with Gasteiger partial charge in [-0.2, -0.15) is 0 Å². The molecule has 1 saturated carbocycles. The highest BCUT2D eigenvalue weighted by Gasteiger charge is 2.22. The van der Waals surface area contributed by atoms with Crippen LogP contribution in [0.5, 0.6) is 5.75 Å². The molecular formula is C16H15FO. The van der Waals surface area contributed by atoms with Crippen molar-refractivity contribution in [2.24, 2.45) is 0 Å². The number of hydrogen-bond acceptors (Lipinski definition) is 1. The van der Waals surface area contributed by atoms with Crippen molar-refractivity contribution < 1.29 is 9.50 Å². The van der Waals surface area contributed by atoms with Crippen molar-refractivity contribution >= 4 is 0 Å². The van der Waals surface area contributed by atoms with Crippen molar-refractivity contribution in [3.63, 3.8) is 0 Å². The van der Waals surface area contributed by atoms with Crippen LogP contribution < -0.4 is 0 Å². The number of rotatable bonds is 2. The highest BCUT2D eigenvalue weighted by atomic mass is 19.1. The van der Waals surface area contributed by atoms with Gasteiger partial charge < -0.3 is 5.11 Å². The van der Waals surface area contributed by atoms with E-state index in [0.29, 0.717) is 5.92 Å². The molecular weight excluding hydrogens is 227 g/mol.